The van der Waals surface area contributed by atoms with Crippen LogP contribution in [0.2, 0.25) is 0 Å². The molecule has 21 heavy (non-hydrogen) atoms. The Bertz CT molecular complexity index is 618. The summed E-state index contributed by atoms with van der Waals surface area (Å²) in [7, 11) is 0. The summed E-state index contributed by atoms with van der Waals surface area (Å²) < 4.78 is 1.98. The number of hydrogen-bond donors (Lipinski definition) is 1. The zero-order valence-corrected chi connectivity index (χ0v) is 13.3. The zero-order valence-electron chi connectivity index (χ0n) is 12.5. The van der Waals surface area contributed by atoms with Crippen LogP contribution in [0.15, 0.2) is 24.8 Å². The molecule has 2 heterocycles. The van der Waals surface area contributed by atoms with Gasteiger partial charge in [0.2, 0.25) is 0 Å². The minimum atomic E-state index is 0.0506. The van der Waals surface area contributed by atoms with Crippen molar-refractivity contribution in [2.45, 2.75) is 45.7 Å². The lowest BCUT2D eigenvalue weighted by Gasteiger charge is -2.16. The third-order valence-electron chi connectivity index (χ3n) is 3.97. The third-order valence-corrected chi connectivity index (χ3v) is 5.21. The number of thiophene rings is 1. The van der Waals surface area contributed by atoms with Crippen LogP contribution in [-0.4, -0.2) is 21.5 Å². The number of aromatic nitrogens is 2. The Kier molecular flexibility index (Phi) is 4.10. The number of rotatable bonds is 4. The topological polar surface area (TPSA) is 46.9 Å². The van der Waals surface area contributed by atoms with Crippen LogP contribution in [0.5, 0.6) is 0 Å². The minimum Gasteiger partial charge on any atom is -0.347 e. The second kappa shape index (κ2) is 6.02. The molecule has 0 bridgehead atoms. The molecular formula is C16H21N3OS. The summed E-state index contributed by atoms with van der Waals surface area (Å²) in [5.41, 5.74) is 1.38. The van der Waals surface area contributed by atoms with E-state index in [1.165, 1.54) is 16.9 Å². The molecule has 0 spiro atoms. The van der Waals surface area contributed by atoms with E-state index in [1.54, 1.807) is 23.9 Å². The predicted octanol–water partition coefficient (Wildman–Crippen LogP) is 2.89. The monoisotopic (exact) mass is 303 g/mol. The molecule has 0 saturated carbocycles. The molecule has 2 aromatic heterocycles. The van der Waals surface area contributed by atoms with Crippen LogP contribution < -0.4 is 5.32 Å². The van der Waals surface area contributed by atoms with E-state index in [4.69, 9.17) is 0 Å². The van der Waals surface area contributed by atoms with Crippen LogP contribution in [0, 0.1) is 5.92 Å². The van der Waals surface area contributed by atoms with Crippen molar-refractivity contribution in [1.82, 2.24) is 14.9 Å². The smallest absolute Gasteiger partial charge is 0.261 e. The molecule has 0 radical (unpaired) electrons. The number of aryl methyl sites for hydroxylation is 1. The number of fused-ring (bicyclic) bond motifs is 1. The van der Waals surface area contributed by atoms with Gasteiger partial charge in [-0.05, 0) is 43.7 Å². The van der Waals surface area contributed by atoms with Gasteiger partial charge in [0.1, 0.15) is 0 Å². The fraction of sp³-hybridized carbons (Fsp3) is 0.500. The highest BCUT2D eigenvalue weighted by atomic mass is 32.1. The molecule has 2 atom stereocenters. The van der Waals surface area contributed by atoms with Crippen molar-refractivity contribution >= 4 is 17.2 Å². The van der Waals surface area contributed by atoms with Crippen LogP contribution in [0.25, 0.3) is 0 Å². The highest BCUT2D eigenvalue weighted by Gasteiger charge is 2.21. The van der Waals surface area contributed by atoms with Gasteiger partial charge in [-0.25, -0.2) is 4.98 Å². The summed E-state index contributed by atoms with van der Waals surface area (Å²) in [4.78, 5) is 18.6. The minimum absolute atomic E-state index is 0.0506. The molecule has 2 aromatic rings. The van der Waals surface area contributed by atoms with Crippen LogP contribution in [0.3, 0.4) is 0 Å². The van der Waals surface area contributed by atoms with Crippen molar-refractivity contribution in [2.24, 2.45) is 5.92 Å². The van der Waals surface area contributed by atoms with Gasteiger partial charge in [-0.1, -0.05) is 6.92 Å². The first kappa shape index (κ1) is 14.3. The Morgan fingerprint density at radius 1 is 1.62 bits per heavy atom. The lowest BCUT2D eigenvalue weighted by Crippen LogP contribution is -2.35. The molecule has 2 unspecified atom stereocenters. The van der Waals surface area contributed by atoms with Gasteiger partial charge in [0.25, 0.3) is 5.91 Å². The average Bonchev–Trinajstić information content (AvgIpc) is 3.06. The number of carbonyl (C=O) groups excluding carboxylic acids is 1. The van der Waals surface area contributed by atoms with Crippen LogP contribution >= 0.6 is 11.3 Å². The van der Waals surface area contributed by atoms with Crippen molar-refractivity contribution in [1.29, 1.82) is 0 Å². The second-order valence-corrected chi connectivity index (χ2v) is 7.18. The summed E-state index contributed by atoms with van der Waals surface area (Å²) in [5.74, 6) is 0.790. The first-order chi connectivity index (χ1) is 10.1. The number of amides is 1. The normalized spacial score (nSPS) is 19.0. The van der Waals surface area contributed by atoms with Crippen LogP contribution in [0.4, 0.5) is 0 Å². The summed E-state index contributed by atoms with van der Waals surface area (Å²) in [6.45, 7) is 5.05. The maximum Gasteiger partial charge on any atom is 0.261 e. The van der Waals surface area contributed by atoms with Crippen molar-refractivity contribution in [2.75, 3.05) is 0 Å². The van der Waals surface area contributed by atoms with Crippen LogP contribution in [-0.2, 0) is 19.4 Å². The fourth-order valence-corrected chi connectivity index (χ4v) is 3.98. The molecule has 1 N–H and O–H groups in total. The zero-order chi connectivity index (χ0) is 14.8. The number of nitrogens with zero attached hydrogens (tertiary/aromatic N) is 2. The Morgan fingerprint density at radius 3 is 3.24 bits per heavy atom. The van der Waals surface area contributed by atoms with Gasteiger partial charge in [0, 0.05) is 29.9 Å². The molecule has 0 saturated heterocycles. The first-order valence-electron chi connectivity index (χ1n) is 7.50. The highest BCUT2D eigenvalue weighted by molar-refractivity contribution is 7.14. The van der Waals surface area contributed by atoms with Gasteiger partial charge in [-0.3, -0.25) is 4.79 Å². The van der Waals surface area contributed by atoms with E-state index in [9.17, 15) is 4.79 Å². The highest BCUT2D eigenvalue weighted by Crippen LogP contribution is 2.32. The Labute approximate surface area is 129 Å². The Hall–Kier alpha value is -1.62. The van der Waals surface area contributed by atoms with E-state index in [-0.39, 0.29) is 11.9 Å². The van der Waals surface area contributed by atoms with E-state index in [1.807, 2.05) is 17.7 Å². The van der Waals surface area contributed by atoms with E-state index >= 15 is 0 Å². The second-order valence-electron chi connectivity index (χ2n) is 6.04. The molecule has 0 aromatic carbocycles. The molecule has 3 rings (SSSR count). The summed E-state index contributed by atoms with van der Waals surface area (Å²) in [6.07, 6.45) is 8.92. The standard InChI is InChI=1S/C16H21N3OS/c1-11-3-4-14-13(7-11)8-15(21-14)16(20)18-12(2)9-19-6-5-17-10-19/h5-6,8,10-12H,3-4,7,9H2,1-2H3,(H,18,20). The Balaban J connectivity index is 1.63. The maximum absolute atomic E-state index is 12.4. The lowest BCUT2D eigenvalue weighted by atomic mass is 9.90. The molecule has 1 amide bonds. The summed E-state index contributed by atoms with van der Waals surface area (Å²) >= 11 is 1.66. The van der Waals surface area contributed by atoms with E-state index in [2.05, 4.69) is 23.3 Å². The molecule has 1 aliphatic carbocycles. The van der Waals surface area contributed by atoms with Crippen molar-refractivity contribution in [3.05, 3.63) is 40.1 Å². The molecule has 5 heteroatoms. The van der Waals surface area contributed by atoms with Crippen molar-refractivity contribution in [3.63, 3.8) is 0 Å². The lowest BCUT2D eigenvalue weighted by molar-refractivity contribution is 0.0940. The number of nitrogens with one attached hydrogen (secondary N) is 1. The number of imidazole rings is 1. The number of carbonyl (C=O) groups is 1. The maximum atomic E-state index is 12.4. The van der Waals surface area contributed by atoms with Gasteiger partial charge in [0.15, 0.2) is 0 Å². The summed E-state index contributed by atoms with van der Waals surface area (Å²) in [6, 6.07) is 2.18. The van der Waals surface area contributed by atoms with Crippen LogP contribution in [0.1, 0.15) is 40.4 Å². The van der Waals surface area contributed by atoms with E-state index in [0.717, 1.165) is 30.2 Å². The summed E-state index contributed by atoms with van der Waals surface area (Å²) in [5, 5.41) is 3.08. The molecular weight excluding hydrogens is 282 g/mol. The molecule has 1 aliphatic rings. The third kappa shape index (κ3) is 3.35. The molecule has 0 fully saturated rings. The number of hydrogen-bond acceptors (Lipinski definition) is 3. The van der Waals surface area contributed by atoms with Gasteiger partial charge in [0.05, 0.1) is 11.2 Å². The van der Waals surface area contributed by atoms with E-state index in [0.29, 0.717) is 0 Å². The van der Waals surface area contributed by atoms with Crippen molar-refractivity contribution in [3.8, 4) is 0 Å². The first-order valence-corrected chi connectivity index (χ1v) is 8.31. The van der Waals surface area contributed by atoms with Gasteiger partial charge in [-0.15, -0.1) is 11.3 Å². The van der Waals surface area contributed by atoms with Gasteiger partial charge < -0.3 is 9.88 Å². The SMILES string of the molecule is CC1CCc2sc(C(=O)NC(C)Cn3ccnc3)cc2C1. The van der Waals surface area contributed by atoms with Crippen molar-refractivity contribution < 1.29 is 4.79 Å². The quantitative estimate of drug-likeness (QED) is 0.944. The predicted molar refractivity (Wildman–Crippen MR) is 84.7 cm³/mol. The average molecular weight is 303 g/mol. The fourth-order valence-electron chi connectivity index (χ4n) is 2.87. The molecule has 112 valence electrons. The van der Waals surface area contributed by atoms with Gasteiger partial charge in [-0.2, -0.15) is 0 Å². The van der Waals surface area contributed by atoms with E-state index < -0.39 is 0 Å². The molecule has 4 nitrogen and oxygen atoms in total. The Morgan fingerprint density at radius 2 is 2.48 bits per heavy atom. The van der Waals surface area contributed by atoms with Gasteiger partial charge >= 0.3 is 0 Å². The largest absolute Gasteiger partial charge is 0.347 e. The molecule has 0 aliphatic heterocycles.